The molecule has 1 aliphatic carbocycles. The summed E-state index contributed by atoms with van der Waals surface area (Å²) in [5.41, 5.74) is 3.60. The number of methoxy groups -OCH3 is 3. The van der Waals surface area contributed by atoms with Crippen molar-refractivity contribution in [3.8, 4) is 17.2 Å². The van der Waals surface area contributed by atoms with Gasteiger partial charge in [0.15, 0.2) is 17.3 Å². The van der Waals surface area contributed by atoms with E-state index in [4.69, 9.17) is 23.7 Å². The van der Waals surface area contributed by atoms with E-state index in [-0.39, 0.29) is 36.7 Å². The van der Waals surface area contributed by atoms with Gasteiger partial charge in [0.1, 0.15) is 12.4 Å². The van der Waals surface area contributed by atoms with Crippen LogP contribution in [0.5, 0.6) is 17.2 Å². The summed E-state index contributed by atoms with van der Waals surface area (Å²) in [4.78, 5) is 27.6. The minimum Gasteiger partial charge on any atom is -0.493 e. The van der Waals surface area contributed by atoms with E-state index in [0.717, 1.165) is 24.1 Å². The molecular weight excluding hydrogens is 517 g/mol. The maximum Gasteiger partial charge on any atom is 0.336 e. The molecule has 1 fully saturated rings. The number of halogens is 1. The van der Waals surface area contributed by atoms with Gasteiger partial charge in [-0.25, -0.2) is 9.18 Å². The average Bonchev–Trinajstić information content (AvgIpc) is 3.48. The van der Waals surface area contributed by atoms with E-state index in [1.807, 2.05) is 0 Å². The van der Waals surface area contributed by atoms with Gasteiger partial charge in [0.25, 0.3) is 0 Å². The summed E-state index contributed by atoms with van der Waals surface area (Å²) in [5, 5.41) is 3.34. The van der Waals surface area contributed by atoms with Crippen LogP contribution in [-0.4, -0.2) is 52.4 Å². The van der Waals surface area contributed by atoms with Crippen LogP contribution in [0.4, 0.5) is 4.39 Å². The number of Topliss-reactive ketones (excluding diaryl/α,β-unsaturated/α-hetero) is 1. The molecule has 2 aromatic carbocycles. The Hall–Kier alpha value is -3.85. The van der Waals surface area contributed by atoms with Gasteiger partial charge in [0.2, 0.25) is 5.75 Å². The molecule has 0 bridgehead atoms. The first-order valence-corrected chi connectivity index (χ1v) is 13.4. The Morgan fingerprint density at radius 1 is 1.02 bits per heavy atom. The van der Waals surface area contributed by atoms with E-state index in [2.05, 4.69) is 5.32 Å². The number of esters is 1. The normalized spacial score (nSPS) is 22.5. The zero-order valence-electron chi connectivity index (χ0n) is 23.2. The van der Waals surface area contributed by atoms with Gasteiger partial charge in [-0.2, -0.15) is 0 Å². The van der Waals surface area contributed by atoms with E-state index in [0.29, 0.717) is 52.7 Å². The third kappa shape index (κ3) is 5.18. The molecule has 1 N–H and O–H groups in total. The van der Waals surface area contributed by atoms with Gasteiger partial charge in [-0.1, -0.05) is 18.2 Å². The van der Waals surface area contributed by atoms with Gasteiger partial charge in [-0.3, -0.25) is 4.79 Å². The summed E-state index contributed by atoms with van der Waals surface area (Å²) in [5.74, 6) is -0.665. The first-order chi connectivity index (χ1) is 19.4. The average molecular weight is 552 g/mol. The second kappa shape index (κ2) is 11.7. The van der Waals surface area contributed by atoms with Crippen LogP contribution in [-0.2, 0) is 19.1 Å². The van der Waals surface area contributed by atoms with Gasteiger partial charge >= 0.3 is 5.97 Å². The lowest BCUT2D eigenvalue weighted by atomic mass is 9.71. The lowest BCUT2D eigenvalue weighted by Crippen LogP contribution is -2.36. The number of rotatable bonds is 8. The maximum atomic E-state index is 13.9. The molecule has 40 heavy (non-hydrogen) atoms. The molecule has 1 saturated heterocycles. The van der Waals surface area contributed by atoms with Crippen molar-refractivity contribution in [2.45, 2.75) is 50.5 Å². The zero-order chi connectivity index (χ0) is 28.4. The van der Waals surface area contributed by atoms with Crippen LogP contribution in [0.15, 0.2) is 58.9 Å². The molecule has 0 aromatic heterocycles. The second-order valence-electron chi connectivity index (χ2n) is 10.2. The highest BCUT2D eigenvalue weighted by molar-refractivity contribution is 6.04. The zero-order valence-corrected chi connectivity index (χ0v) is 23.2. The van der Waals surface area contributed by atoms with E-state index in [1.54, 1.807) is 31.2 Å². The van der Waals surface area contributed by atoms with Crippen molar-refractivity contribution in [1.29, 1.82) is 0 Å². The van der Waals surface area contributed by atoms with Gasteiger partial charge in [0.05, 0.1) is 38.9 Å². The van der Waals surface area contributed by atoms with Gasteiger partial charge in [-0.05, 0) is 55.9 Å². The first-order valence-electron chi connectivity index (χ1n) is 13.4. The summed E-state index contributed by atoms with van der Waals surface area (Å²) in [6.07, 6.45) is 2.36. The Bertz CT molecular complexity index is 1360. The Labute approximate surface area is 233 Å². The van der Waals surface area contributed by atoms with Crippen LogP contribution >= 0.6 is 0 Å². The molecule has 5 rings (SSSR count). The number of benzene rings is 2. The van der Waals surface area contributed by atoms with Crippen molar-refractivity contribution in [2.75, 3.05) is 34.5 Å². The molecule has 0 amide bonds. The van der Waals surface area contributed by atoms with Crippen molar-refractivity contribution in [2.24, 2.45) is 0 Å². The standard InChI is InChI=1S/C31H34FNO7/c1-17-26(31(35)40-16-21-6-5-13-39-21)27(22-11-12-25(36-2)30(38-4)29(22)37-3)28-23(33-17)14-19(15-24(28)34)18-7-9-20(32)10-8-18/h7-12,19,21,27,33H,5-6,13-16H2,1-4H3/t19-,21+,27-/m0/s1. The van der Waals surface area contributed by atoms with E-state index < -0.39 is 11.9 Å². The molecule has 2 aromatic rings. The van der Waals surface area contributed by atoms with E-state index in [1.165, 1.54) is 33.5 Å². The van der Waals surface area contributed by atoms with Crippen LogP contribution in [0.3, 0.4) is 0 Å². The lowest BCUT2D eigenvalue weighted by molar-refractivity contribution is -0.142. The predicted molar refractivity (Wildman–Crippen MR) is 145 cm³/mol. The summed E-state index contributed by atoms with van der Waals surface area (Å²) in [6, 6.07) is 9.77. The number of carbonyl (C=O) groups excluding carboxylic acids is 2. The molecular formula is C31H34FNO7. The van der Waals surface area contributed by atoms with Crippen LogP contribution in [0.25, 0.3) is 0 Å². The Morgan fingerprint density at radius 2 is 1.77 bits per heavy atom. The summed E-state index contributed by atoms with van der Waals surface area (Å²) >= 11 is 0. The second-order valence-corrected chi connectivity index (χ2v) is 10.2. The smallest absolute Gasteiger partial charge is 0.336 e. The highest BCUT2D eigenvalue weighted by atomic mass is 19.1. The lowest BCUT2D eigenvalue weighted by Gasteiger charge is -2.37. The van der Waals surface area contributed by atoms with Gasteiger partial charge in [0, 0.05) is 35.6 Å². The highest BCUT2D eigenvalue weighted by Gasteiger charge is 2.43. The van der Waals surface area contributed by atoms with Crippen molar-refractivity contribution < 1.29 is 37.7 Å². The molecule has 3 aliphatic rings. The number of allylic oxidation sites excluding steroid dienone is 3. The number of dihydropyridines is 1. The quantitative estimate of drug-likeness (QED) is 0.462. The van der Waals surface area contributed by atoms with Crippen LogP contribution in [0.1, 0.15) is 55.6 Å². The SMILES string of the molecule is COc1ccc([C@H]2C(C(=O)OC[C@H]3CCCO3)=C(C)NC3=C2C(=O)C[C@@H](c2ccc(F)cc2)C3)c(OC)c1OC. The van der Waals surface area contributed by atoms with Crippen molar-refractivity contribution >= 4 is 11.8 Å². The molecule has 0 spiro atoms. The molecule has 2 aliphatic heterocycles. The number of nitrogens with one attached hydrogen (secondary N) is 1. The predicted octanol–water partition coefficient (Wildman–Crippen LogP) is 4.94. The fourth-order valence-corrected chi connectivity index (χ4v) is 5.97. The maximum absolute atomic E-state index is 13.9. The number of carbonyl (C=O) groups is 2. The highest BCUT2D eigenvalue weighted by Crippen LogP contribution is 2.51. The van der Waals surface area contributed by atoms with Crippen molar-refractivity contribution in [1.82, 2.24) is 5.32 Å². The largest absolute Gasteiger partial charge is 0.493 e. The third-order valence-electron chi connectivity index (χ3n) is 7.86. The molecule has 0 radical (unpaired) electrons. The van der Waals surface area contributed by atoms with Crippen molar-refractivity contribution in [3.05, 3.63) is 75.9 Å². The van der Waals surface area contributed by atoms with Gasteiger partial charge < -0.3 is 29.0 Å². The summed E-state index contributed by atoms with van der Waals surface area (Å²) < 4.78 is 41.9. The minimum atomic E-state index is -0.760. The van der Waals surface area contributed by atoms with Crippen LogP contribution < -0.4 is 19.5 Å². The molecule has 9 heteroatoms. The summed E-state index contributed by atoms with van der Waals surface area (Å²) in [7, 11) is 4.55. The molecule has 0 unspecified atom stereocenters. The van der Waals surface area contributed by atoms with Crippen LogP contribution in [0.2, 0.25) is 0 Å². The molecule has 0 saturated carbocycles. The molecule has 8 nitrogen and oxygen atoms in total. The minimum absolute atomic E-state index is 0.109. The molecule has 212 valence electrons. The Balaban J connectivity index is 1.59. The Morgan fingerprint density at radius 3 is 2.42 bits per heavy atom. The first kappa shape index (κ1) is 27.7. The number of hydrogen-bond donors (Lipinski definition) is 1. The van der Waals surface area contributed by atoms with E-state index in [9.17, 15) is 14.0 Å². The monoisotopic (exact) mass is 551 g/mol. The Kier molecular flexibility index (Phi) is 8.12. The van der Waals surface area contributed by atoms with Crippen molar-refractivity contribution in [3.63, 3.8) is 0 Å². The number of ether oxygens (including phenoxy) is 5. The van der Waals surface area contributed by atoms with Crippen LogP contribution in [0, 0.1) is 5.82 Å². The topological polar surface area (TPSA) is 92.3 Å². The fourth-order valence-electron chi connectivity index (χ4n) is 5.97. The fraction of sp³-hybridized carbons (Fsp3) is 0.419. The van der Waals surface area contributed by atoms with E-state index >= 15 is 0 Å². The number of hydrogen-bond acceptors (Lipinski definition) is 8. The summed E-state index contributed by atoms with van der Waals surface area (Å²) in [6.45, 7) is 2.59. The third-order valence-corrected chi connectivity index (χ3v) is 7.86. The molecule has 3 atom stereocenters. The van der Waals surface area contributed by atoms with Gasteiger partial charge in [-0.15, -0.1) is 0 Å². The number of ketones is 1. The molecule has 2 heterocycles.